The van der Waals surface area contributed by atoms with Gasteiger partial charge in [0, 0.05) is 16.9 Å². The summed E-state index contributed by atoms with van der Waals surface area (Å²) in [5, 5.41) is 2.89. The van der Waals surface area contributed by atoms with Gasteiger partial charge in [-0.15, -0.1) is 0 Å². The number of ketones is 1. The van der Waals surface area contributed by atoms with Gasteiger partial charge in [-0.05, 0) is 63.4 Å². The number of hydrogen-bond donors (Lipinski definition) is 2. The zero-order chi connectivity index (χ0) is 17.9. The lowest BCUT2D eigenvalue weighted by Gasteiger charge is -2.11. The van der Waals surface area contributed by atoms with Crippen LogP contribution in [0.4, 0.5) is 5.69 Å². The normalized spacial score (nSPS) is 10.5. The van der Waals surface area contributed by atoms with Gasteiger partial charge in [0.05, 0.1) is 6.61 Å². The number of amides is 1. The third kappa shape index (κ3) is 3.67. The Morgan fingerprint density at radius 3 is 2.46 bits per heavy atom. The van der Waals surface area contributed by atoms with Gasteiger partial charge in [0.1, 0.15) is 11.4 Å². The molecule has 0 atom stereocenters. The van der Waals surface area contributed by atoms with E-state index in [-0.39, 0.29) is 11.7 Å². The van der Waals surface area contributed by atoms with Gasteiger partial charge in [0.25, 0.3) is 5.91 Å². The van der Waals surface area contributed by atoms with Crippen LogP contribution in [0, 0.1) is 20.8 Å². The first-order valence-electron chi connectivity index (χ1n) is 8.10. The van der Waals surface area contributed by atoms with E-state index in [1.807, 2.05) is 25.1 Å². The first-order chi connectivity index (χ1) is 11.3. The van der Waals surface area contributed by atoms with Gasteiger partial charge in [-0.25, -0.2) is 0 Å². The number of benzene rings is 1. The highest BCUT2D eigenvalue weighted by atomic mass is 16.5. The van der Waals surface area contributed by atoms with Crippen molar-refractivity contribution in [3.63, 3.8) is 0 Å². The fraction of sp³-hybridized carbons (Fsp3) is 0.368. The van der Waals surface area contributed by atoms with Crippen LogP contribution < -0.4 is 10.1 Å². The van der Waals surface area contributed by atoms with Crippen molar-refractivity contribution in [1.82, 2.24) is 4.98 Å². The number of aromatic nitrogens is 1. The second-order valence-corrected chi connectivity index (χ2v) is 5.96. The molecule has 0 radical (unpaired) electrons. The summed E-state index contributed by atoms with van der Waals surface area (Å²) in [5.74, 6) is 0.487. The Kier molecular flexibility index (Phi) is 5.44. The predicted molar refractivity (Wildman–Crippen MR) is 95.2 cm³/mol. The second-order valence-electron chi connectivity index (χ2n) is 5.96. The van der Waals surface area contributed by atoms with E-state index in [4.69, 9.17) is 4.74 Å². The van der Waals surface area contributed by atoms with Crippen molar-refractivity contribution in [1.29, 1.82) is 0 Å². The molecule has 1 heterocycles. The first kappa shape index (κ1) is 17.8. The SMILES string of the molecule is CCCOc1ccc(NC(=O)c2[nH]c(C)c(C(C)=O)c2C)c(C)c1. The third-order valence-corrected chi connectivity index (χ3v) is 3.94. The fourth-order valence-corrected chi connectivity index (χ4v) is 2.78. The topological polar surface area (TPSA) is 71.2 Å². The van der Waals surface area contributed by atoms with Crippen molar-refractivity contribution < 1.29 is 14.3 Å². The zero-order valence-corrected chi connectivity index (χ0v) is 14.9. The molecule has 1 amide bonds. The van der Waals surface area contributed by atoms with Crippen molar-refractivity contribution in [2.45, 2.75) is 41.0 Å². The van der Waals surface area contributed by atoms with E-state index in [9.17, 15) is 9.59 Å². The number of ether oxygens (including phenoxy) is 1. The molecule has 0 spiro atoms. The lowest BCUT2D eigenvalue weighted by Crippen LogP contribution is -2.14. The minimum Gasteiger partial charge on any atom is -0.494 e. The molecule has 0 aliphatic heterocycles. The van der Waals surface area contributed by atoms with E-state index < -0.39 is 0 Å². The Morgan fingerprint density at radius 1 is 1.21 bits per heavy atom. The van der Waals surface area contributed by atoms with E-state index in [0.717, 1.165) is 23.4 Å². The maximum Gasteiger partial charge on any atom is 0.272 e. The number of Topliss-reactive ketones (excluding diaryl/α,β-unsaturated/α-hetero) is 1. The van der Waals surface area contributed by atoms with Crippen LogP contribution in [0.5, 0.6) is 5.75 Å². The Labute approximate surface area is 142 Å². The zero-order valence-electron chi connectivity index (χ0n) is 14.9. The van der Waals surface area contributed by atoms with E-state index in [1.54, 1.807) is 13.8 Å². The molecule has 2 N–H and O–H groups in total. The minimum absolute atomic E-state index is 0.0473. The number of rotatable bonds is 6. The third-order valence-electron chi connectivity index (χ3n) is 3.94. The van der Waals surface area contributed by atoms with Gasteiger partial charge in [-0.1, -0.05) is 6.92 Å². The Morgan fingerprint density at radius 2 is 1.92 bits per heavy atom. The lowest BCUT2D eigenvalue weighted by atomic mass is 10.1. The van der Waals surface area contributed by atoms with Crippen molar-refractivity contribution >= 4 is 17.4 Å². The molecule has 128 valence electrons. The number of aryl methyl sites for hydroxylation is 2. The van der Waals surface area contributed by atoms with Crippen LogP contribution in [0.1, 0.15) is 57.9 Å². The summed E-state index contributed by atoms with van der Waals surface area (Å²) in [7, 11) is 0. The highest BCUT2D eigenvalue weighted by molar-refractivity contribution is 6.07. The lowest BCUT2D eigenvalue weighted by molar-refractivity contribution is 0.101. The molecule has 0 aliphatic rings. The summed E-state index contributed by atoms with van der Waals surface area (Å²) in [4.78, 5) is 27.3. The van der Waals surface area contributed by atoms with Gasteiger partial charge in [-0.3, -0.25) is 9.59 Å². The van der Waals surface area contributed by atoms with Crippen molar-refractivity contribution in [3.05, 3.63) is 46.3 Å². The van der Waals surface area contributed by atoms with Crippen LogP contribution in [-0.2, 0) is 0 Å². The fourth-order valence-electron chi connectivity index (χ4n) is 2.78. The molecule has 0 bridgehead atoms. The molecule has 0 saturated heterocycles. The van der Waals surface area contributed by atoms with Crippen LogP contribution in [0.25, 0.3) is 0 Å². The molecule has 24 heavy (non-hydrogen) atoms. The molecule has 5 nitrogen and oxygen atoms in total. The van der Waals surface area contributed by atoms with Crippen LogP contribution in [0.15, 0.2) is 18.2 Å². The van der Waals surface area contributed by atoms with Crippen molar-refractivity contribution in [3.8, 4) is 5.75 Å². The maximum absolute atomic E-state index is 12.5. The molecule has 0 aliphatic carbocycles. The molecular formula is C19H24N2O3. The number of carbonyl (C=O) groups is 2. The standard InChI is InChI=1S/C19H24N2O3/c1-6-9-24-15-7-8-16(11(2)10-15)21-19(23)18-12(3)17(14(5)22)13(4)20-18/h7-8,10,20H,6,9H2,1-5H3,(H,21,23). The Bertz CT molecular complexity index is 775. The highest BCUT2D eigenvalue weighted by Crippen LogP contribution is 2.24. The molecule has 1 aromatic carbocycles. The number of carbonyl (C=O) groups excluding carboxylic acids is 2. The van der Waals surface area contributed by atoms with Crippen LogP contribution >= 0.6 is 0 Å². The number of H-pyrrole nitrogens is 1. The number of aromatic amines is 1. The number of nitrogens with one attached hydrogen (secondary N) is 2. The maximum atomic E-state index is 12.5. The van der Waals surface area contributed by atoms with Gasteiger partial charge in [0.15, 0.2) is 5.78 Å². The number of hydrogen-bond acceptors (Lipinski definition) is 3. The van der Waals surface area contributed by atoms with Gasteiger partial charge < -0.3 is 15.0 Å². The largest absolute Gasteiger partial charge is 0.494 e. The molecule has 0 saturated carbocycles. The van der Waals surface area contributed by atoms with Crippen LogP contribution in [0.2, 0.25) is 0 Å². The summed E-state index contributed by atoms with van der Waals surface area (Å²) in [6.45, 7) is 9.72. The average molecular weight is 328 g/mol. The van der Waals surface area contributed by atoms with E-state index in [2.05, 4.69) is 17.2 Å². The van der Waals surface area contributed by atoms with Crippen LogP contribution in [-0.4, -0.2) is 23.3 Å². The molecular weight excluding hydrogens is 304 g/mol. The molecule has 0 fully saturated rings. The van der Waals surface area contributed by atoms with E-state index in [0.29, 0.717) is 29.1 Å². The predicted octanol–water partition coefficient (Wildman–Crippen LogP) is 4.18. The first-order valence-corrected chi connectivity index (χ1v) is 8.10. The molecule has 0 unspecified atom stereocenters. The van der Waals surface area contributed by atoms with Crippen molar-refractivity contribution in [2.75, 3.05) is 11.9 Å². The smallest absolute Gasteiger partial charge is 0.272 e. The monoisotopic (exact) mass is 328 g/mol. The molecule has 2 rings (SSSR count). The summed E-state index contributed by atoms with van der Waals surface area (Å²) in [6.07, 6.45) is 0.946. The second kappa shape index (κ2) is 7.34. The number of anilines is 1. The quantitative estimate of drug-likeness (QED) is 0.781. The summed E-state index contributed by atoms with van der Waals surface area (Å²) in [5.41, 5.74) is 4.04. The van der Waals surface area contributed by atoms with Crippen LogP contribution in [0.3, 0.4) is 0 Å². The Hall–Kier alpha value is -2.56. The van der Waals surface area contributed by atoms with E-state index >= 15 is 0 Å². The molecule has 2 aromatic rings. The summed E-state index contributed by atoms with van der Waals surface area (Å²) >= 11 is 0. The Balaban J connectivity index is 2.21. The van der Waals surface area contributed by atoms with E-state index in [1.165, 1.54) is 6.92 Å². The molecule has 5 heteroatoms. The molecule has 1 aromatic heterocycles. The van der Waals surface area contributed by atoms with Gasteiger partial charge >= 0.3 is 0 Å². The minimum atomic E-state index is -0.256. The average Bonchev–Trinajstić information content (AvgIpc) is 2.82. The highest BCUT2D eigenvalue weighted by Gasteiger charge is 2.20. The summed E-state index contributed by atoms with van der Waals surface area (Å²) < 4.78 is 5.59. The van der Waals surface area contributed by atoms with Gasteiger partial charge in [0.2, 0.25) is 0 Å². The summed E-state index contributed by atoms with van der Waals surface area (Å²) in [6, 6.07) is 5.57. The van der Waals surface area contributed by atoms with Crippen molar-refractivity contribution in [2.24, 2.45) is 0 Å². The van der Waals surface area contributed by atoms with Gasteiger partial charge in [-0.2, -0.15) is 0 Å².